The molecule has 108 valence electrons. The van der Waals surface area contributed by atoms with E-state index in [1.807, 2.05) is 0 Å². The van der Waals surface area contributed by atoms with Gasteiger partial charge in [0, 0.05) is 12.5 Å². The molecule has 2 rings (SSSR count). The molecule has 1 aromatic rings. The molecular formula is C13H16N2O4S. The van der Waals surface area contributed by atoms with E-state index in [-0.39, 0.29) is 6.42 Å². The van der Waals surface area contributed by atoms with Crippen LogP contribution in [-0.2, 0) is 10.0 Å². The quantitative estimate of drug-likeness (QED) is 0.916. The first-order valence-corrected chi connectivity index (χ1v) is 7.92. The summed E-state index contributed by atoms with van der Waals surface area (Å²) in [7, 11) is -3.72. The molecule has 1 unspecified atom stereocenters. The number of anilines is 1. The van der Waals surface area contributed by atoms with Crippen molar-refractivity contribution in [3.8, 4) is 17.6 Å². The number of nitriles is 1. The Bertz CT molecular complexity index is 622. The third-order valence-corrected chi connectivity index (χ3v) is 4.61. The van der Waals surface area contributed by atoms with E-state index in [1.54, 1.807) is 31.2 Å². The maximum atomic E-state index is 12.0. The number of ether oxygens (including phenoxy) is 2. The summed E-state index contributed by atoms with van der Waals surface area (Å²) in [5.74, 6) is 1.10. The molecule has 0 aliphatic carbocycles. The van der Waals surface area contributed by atoms with E-state index in [0.717, 1.165) is 6.42 Å². The van der Waals surface area contributed by atoms with Crippen molar-refractivity contribution < 1.29 is 17.9 Å². The summed E-state index contributed by atoms with van der Waals surface area (Å²) in [4.78, 5) is 0. The predicted molar refractivity (Wildman–Crippen MR) is 74.3 cm³/mol. The number of hydrogen-bond acceptors (Lipinski definition) is 5. The molecule has 0 bridgehead atoms. The third kappa shape index (κ3) is 3.14. The van der Waals surface area contributed by atoms with E-state index < -0.39 is 15.3 Å². The minimum atomic E-state index is -3.72. The average molecular weight is 296 g/mol. The van der Waals surface area contributed by atoms with Gasteiger partial charge < -0.3 is 9.47 Å². The van der Waals surface area contributed by atoms with E-state index >= 15 is 0 Å². The van der Waals surface area contributed by atoms with Gasteiger partial charge in [0.05, 0.1) is 25.0 Å². The Morgan fingerprint density at radius 3 is 2.70 bits per heavy atom. The molecule has 0 amide bonds. The van der Waals surface area contributed by atoms with Crippen LogP contribution < -0.4 is 14.2 Å². The minimum absolute atomic E-state index is 0.233. The fraction of sp³-hybridized carbons (Fsp3) is 0.462. The van der Waals surface area contributed by atoms with Gasteiger partial charge in [0.2, 0.25) is 10.0 Å². The van der Waals surface area contributed by atoms with Crippen molar-refractivity contribution in [2.45, 2.75) is 25.0 Å². The smallest absolute Gasteiger partial charge is 0.249 e. The zero-order valence-corrected chi connectivity index (χ0v) is 11.9. The van der Waals surface area contributed by atoms with Gasteiger partial charge in [0.15, 0.2) is 16.7 Å². The first-order chi connectivity index (χ1) is 9.56. The van der Waals surface area contributed by atoms with Crippen LogP contribution >= 0.6 is 0 Å². The van der Waals surface area contributed by atoms with Gasteiger partial charge in [-0.1, -0.05) is 6.92 Å². The molecule has 0 spiro atoms. The Labute approximate surface area is 118 Å². The zero-order valence-electron chi connectivity index (χ0n) is 11.1. The zero-order chi connectivity index (χ0) is 14.6. The lowest BCUT2D eigenvalue weighted by atomic mass is 10.3. The Morgan fingerprint density at radius 2 is 2.05 bits per heavy atom. The van der Waals surface area contributed by atoms with Gasteiger partial charge >= 0.3 is 0 Å². The van der Waals surface area contributed by atoms with Gasteiger partial charge in [-0.2, -0.15) is 5.26 Å². The van der Waals surface area contributed by atoms with E-state index in [0.29, 0.717) is 30.4 Å². The van der Waals surface area contributed by atoms with Crippen LogP contribution in [0, 0.1) is 11.3 Å². The van der Waals surface area contributed by atoms with E-state index in [4.69, 9.17) is 14.7 Å². The van der Waals surface area contributed by atoms with Gasteiger partial charge in [-0.05, 0) is 18.6 Å². The van der Waals surface area contributed by atoms with E-state index in [1.165, 1.54) is 0 Å². The fourth-order valence-corrected chi connectivity index (χ4v) is 3.02. The lowest BCUT2D eigenvalue weighted by molar-refractivity contribution is 0.297. The molecule has 1 atom stereocenters. The minimum Gasteiger partial charge on any atom is -0.490 e. The fourth-order valence-electron chi connectivity index (χ4n) is 1.84. The molecule has 1 aromatic carbocycles. The van der Waals surface area contributed by atoms with Crippen molar-refractivity contribution in [3.05, 3.63) is 18.2 Å². The van der Waals surface area contributed by atoms with Crippen LogP contribution in [0.5, 0.6) is 11.5 Å². The molecule has 0 radical (unpaired) electrons. The van der Waals surface area contributed by atoms with Crippen LogP contribution in [0.4, 0.5) is 5.69 Å². The first-order valence-electron chi connectivity index (χ1n) is 6.37. The maximum Gasteiger partial charge on any atom is 0.249 e. The lowest BCUT2D eigenvalue weighted by Crippen LogP contribution is -2.25. The number of fused-ring (bicyclic) bond motifs is 1. The molecule has 0 fully saturated rings. The second kappa shape index (κ2) is 6.01. The second-order valence-corrected chi connectivity index (χ2v) is 6.25. The maximum absolute atomic E-state index is 12.0. The highest BCUT2D eigenvalue weighted by Gasteiger charge is 2.24. The van der Waals surface area contributed by atoms with Crippen LogP contribution in [0.2, 0.25) is 0 Å². The molecule has 20 heavy (non-hydrogen) atoms. The molecule has 1 heterocycles. The normalized spacial score (nSPS) is 15.8. The summed E-state index contributed by atoms with van der Waals surface area (Å²) in [6, 6.07) is 6.60. The first kappa shape index (κ1) is 14.5. The highest BCUT2D eigenvalue weighted by Crippen LogP contribution is 2.32. The van der Waals surface area contributed by atoms with Gasteiger partial charge in [-0.3, -0.25) is 4.72 Å². The third-order valence-electron chi connectivity index (χ3n) is 2.90. The average Bonchev–Trinajstić information content (AvgIpc) is 2.64. The van der Waals surface area contributed by atoms with Crippen LogP contribution in [0.15, 0.2) is 18.2 Å². The monoisotopic (exact) mass is 296 g/mol. The number of nitrogens with zero attached hydrogens (tertiary/aromatic N) is 1. The van der Waals surface area contributed by atoms with Crippen molar-refractivity contribution >= 4 is 15.7 Å². The topological polar surface area (TPSA) is 88.4 Å². The Morgan fingerprint density at radius 1 is 1.35 bits per heavy atom. The van der Waals surface area contributed by atoms with Gasteiger partial charge in [0.25, 0.3) is 0 Å². The summed E-state index contributed by atoms with van der Waals surface area (Å²) in [6.07, 6.45) is 1.01. The number of rotatable bonds is 4. The molecule has 0 aromatic heterocycles. The standard InChI is InChI=1S/C13H16N2O4S/c1-2-11(9-14)20(16,17)15-10-4-5-12-13(8-10)19-7-3-6-18-12/h4-5,8,11,15H,2-3,6-7H2,1H3. The Balaban J connectivity index is 2.23. The van der Waals surface area contributed by atoms with Crippen molar-refractivity contribution in [1.29, 1.82) is 5.26 Å². The highest BCUT2D eigenvalue weighted by molar-refractivity contribution is 7.93. The molecular weight excluding hydrogens is 280 g/mol. The predicted octanol–water partition coefficient (Wildman–Crippen LogP) is 1.89. The van der Waals surface area contributed by atoms with Crippen LogP contribution in [-0.4, -0.2) is 26.9 Å². The van der Waals surface area contributed by atoms with Crippen LogP contribution in [0.3, 0.4) is 0 Å². The highest BCUT2D eigenvalue weighted by atomic mass is 32.2. The molecule has 6 nitrogen and oxygen atoms in total. The van der Waals surface area contributed by atoms with Crippen LogP contribution in [0.1, 0.15) is 19.8 Å². The SMILES string of the molecule is CCC(C#N)S(=O)(=O)Nc1ccc2c(c1)OCCCO2. The van der Waals surface area contributed by atoms with Crippen molar-refractivity contribution in [1.82, 2.24) is 0 Å². The van der Waals surface area contributed by atoms with E-state index in [2.05, 4.69) is 4.72 Å². The molecule has 1 N–H and O–H groups in total. The van der Waals surface area contributed by atoms with Gasteiger partial charge in [-0.15, -0.1) is 0 Å². The van der Waals surface area contributed by atoms with Crippen molar-refractivity contribution in [2.75, 3.05) is 17.9 Å². The molecule has 7 heteroatoms. The summed E-state index contributed by atoms with van der Waals surface area (Å²) in [5.41, 5.74) is 0.364. The molecule has 0 saturated heterocycles. The molecule has 1 aliphatic rings. The number of benzene rings is 1. The van der Waals surface area contributed by atoms with Crippen molar-refractivity contribution in [3.63, 3.8) is 0 Å². The number of sulfonamides is 1. The van der Waals surface area contributed by atoms with Crippen molar-refractivity contribution in [2.24, 2.45) is 0 Å². The summed E-state index contributed by atoms with van der Waals surface area (Å²) in [6.45, 7) is 2.75. The van der Waals surface area contributed by atoms with Crippen LogP contribution in [0.25, 0.3) is 0 Å². The number of hydrogen-bond donors (Lipinski definition) is 1. The summed E-state index contributed by atoms with van der Waals surface area (Å²) < 4.78 is 37.4. The number of nitrogens with one attached hydrogen (secondary N) is 1. The second-order valence-electron chi connectivity index (χ2n) is 4.39. The largest absolute Gasteiger partial charge is 0.490 e. The van der Waals surface area contributed by atoms with Gasteiger partial charge in [0.1, 0.15) is 0 Å². The summed E-state index contributed by atoms with van der Waals surface area (Å²) >= 11 is 0. The Kier molecular flexibility index (Phi) is 4.35. The van der Waals surface area contributed by atoms with E-state index in [9.17, 15) is 8.42 Å². The van der Waals surface area contributed by atoms with Gasteiger partial charge in [-0.25, -0.2) is 8.42 Å². The molecule has 0 saturated carbocycles. The lowest BCUT2D eigenvalue weighted by Gasteiger charge is -2.13. The summed E-state index contributed by atoms with van der Waals surface area (Å²) in [5, 5.41) is 7.78. The molecule has 1 aliphatic heterocycles. The Hall–Kier alpha value is -1.94.